The average Bonchev–Trinajstić information content (AvgIpc) is 2.87. The molecule has 0 radical (unpaired) electrons. The maximum Gasteiger partial charge on any atom is 0.246 e. The molecule has 116 valence electrons. The normalized spacial score (nSPS) is 18.1. The zero-order valence-corrected chi connectivity index (χ0v) is 13.2. The van der Waals surface area contributed by atoms with Crippen LogP contribution in [0.2, 0.25) is 5.15 Å². The number of carbonyl (C=O) groups is 1. The molecule has 0 aromatic carbocycles. The largest absolute Gasteiger partial charge is 0.345 e. The van der Waals surface area contributed by atoms with Crippen LogP contribution in [0.1, 0.15) is 5.56 Å². The van der Waals surface area contributed by atoms with Crippen molar-refractivity contribution in [2.45, 2.75) is 0 Å². The van der Waals surface area contributed by atoms with Gasteiger partial charge >= 0.3 is 0 Å². The Kier molecular flexibility index (Phi) is 3.92. The highest BCUT2D eigenvalue weighted by molar-refractivity contribution is 7.91. The van der Waals surface area contributed by atoms with Crippen LogP contribution >= 0.6 is 11.6 Å². The number of hydrogen-bond donors (Lipinski definition) is 1. The van der Waals surface area contributed by atoms with Gasteiger partial charge in [-0.1, -0.05) is 11.6 Å². The Morgan fingerprint density at radius 3 is 2.77 bits per heavy atom. The third-order valence-electron chi connectivity index (χ3n) is 3.60. The van der Waals surface area contributed by atoms with Gasteiger partial charge in [0.15, 0.2) is 9.84 Å². The summed E-state index contributed by atoms with van der Waals surface area (Å²) in [6.45, 7) is 0.493. The van der Waals surface area contributed by atoms with Crippen LogP contribution in [0, 0.1) is 0 Å². The molecular weight excluding hydrogens is 326 g/mol. The van der Waals surface area contributed by atoms with Gasteiger partial charge in [-0.3, -0.25) is 4.79 Å². The van der Waals surface area contributed by atoms with E-state index in [9.17, 15) is 13.2 Å². The molecular formula is C14H14ClN3O3S. The van der Waals surface area contributed by atoms with E-state index in [0.717, 1.165) is 10.9 Å². The summed E-state index contributed by atoms with van der Waals surface area (Å²) in [6, 6.07) is 3.52. The highest BCUT2D eigenvalue weighted by Gasteiger charge is 2.23. The summed E-state index contributed by atoms with van der Waals surface area (Å²) in [6.07, 6.45) is 4.90. The number of halogens is 1. The fourth-order valence-corrected chi connectivity index (χ4v) is 3.69. The van der Waals surface area contributed by atoms with Gasteiger partial charge in [0.2, 0.25) is 5.91 Å². The number of rotatable bonds is 2. The zero-order valence-electron chi connectivity index (χ0n) is 11.6. The second-order valence-electron chi connectivity index (χ2n) is 5.08. The van der Waals surface area contributed by atoms with Crippen molar-refractivity contribution in [2.75, 3.05) is 24.6 Å². The number of pyridine rings is 1. The van der Waals surface area contributed by atoms with E-state index >= 15 is 0 Å². The van der Waals surface area contributed by atoms with Crippen LogP contribution < -0.4 is 0 Å². The van der Waals surface area contributed by atoms with Crippen LogP contribution in [0.3, 0.4) is 0 Å². The zero-order chi connectivity index (χ0) is 15.7. The Balaban J connectivity index is 1.74. The van der Waals surface area contributed by atoms with E-state index in [0.29, 0.717) is 10.8 Å². The Hall–Kier alpha value is -1.86. The van der Waals surface area contributed by atoms with Crippen LogP contribution in [0.25, 0.3) is 17.1 Å². The van der Waals surface area contributed by atoms with E-state index in [2.05, 4.69) is 9.97 Å². The summed E-state index contributed by atoms with van der Waals surface area (Å²) in [5, 5.41) is 1.27. The third-order valence-corrected chi connectivity index (χ3v) is 5.42. The van der Waals surface area contributed by atoms with Gasteiger partial charge in [0, 0.05) is 36.3 Å². The molecule has 1 aliphatic heterocycles. The molecule has 22 heavy (non-hydrogen) atoms. The van der Waals surface area contributed by atoms with Crippen molar-refractivity contribution < 1.29 is 13.2 Å². The molecule has 0 saturated carbocycles. The van der Waals surface area contributed by atoms with Gasteiger partial charge in [-0.15, -0.1) is 0 Å². The molecule has 0 bridgehead atoms. The van der Waals surface area contributed by atoms with Crippen LogP contribution in [-0.4, -0.2) is 53.8 Å². The van der Waals surface area contributed by atoms with E-state index in [1.54, 1.807) is 23.2 Å². The molecule has 1 aliphatic rings. The first-order valence-corrected chi connectivity index (χ1v) is 8.96. The van der Waals surface area contributed by atoms with Gasteiger partial charge in [-0.05, 0) is 18.2 Å². The van der Waals surface area contributed by atoms with Gasteiger partial charge in [-0.25, -0.2) is 13.4 Å². The number of aromatic nitrogens is 2. The summed E-state index contributed by atoms with van der Waals surface area (Å²) >= 11 is 5.82. The first-order chi connectivity index (χ1) is 10.4. The fourth-order valence-electron chi connectivity index (χ4n) is 2.34. The SMILES string of the molecule is O=C(/C=C/c1c[nH]c2nc(Cl)ccc12)N1CCS(=O)(=O)CC1. The molecule has 0 aliphatic carbocycles. The first-order valence-electron chi connectivity index (χ1n) is 6.76. The maximum atomic E-state index is 12.1. The quantitative estimate of drug-likeness (QED) is 0.663. The number of amides is 1. The molecule has 3 rings (SSSR count). The Morgan fingerprint density at radius 1 is 1.32 bits per heavy atom. The summed E-state index contributed by atoms with van der Waals surface area (Å²) in [5.74, 6) is -0.129. The average molecular weight is 340 g/mol. The Bertz CT molecular complexity index is 843. The van der Waals surface area contributed by atoms with Gasteiger partial charge in [0.05, 0.1) is 11.5 Å². The highest BCUT2D eigenvalue weighted by atomic mass is 35.5. The first kappa shape index (κ1) is 15.1. The molecule has 0 unspecified atom stereocenters. The minimum Gasteiger partial charge on any atom is -0.345 e. The second kappa shape index (κ2) is 5.73. The minimum atomic E-state index is -2.98. The van der Waals surface area contributed by atoms with Crippen LogP contribution in [0.15, 0.2) is 24.4 Å². The smallest absolute Gasteiger partial charge is 0.246 e. The molecule has 2 aromatic heterocycles. The maximum absolute atomic E-state index is 12.1. The molecule has 6 nitrogen and oxygen atoms in total. The topological polar surface area (TPSA) is 83.1 Å². The summed E-state index contributed by atoms with van der Waals surface area (Å²) < 4.78 is 22.7. The van der Waals surface area contributed by atoms with E-state index in [1.165, 1.54) is 6.08 Å². The second-order valence-corrected chi connectivity index (χ2v) is 7.78. The van der Waals surface area contributed by atoms with Crippen molar-refractivity contribution in [1.82, 2.24) is 14.9 Å². The van der Waals surface area contributed by atoms with Crippen molar-refractivity contribution in [1.29, 1.82) is 0 Å². The fraction of sp³-hybridized carbons (Fsp3) is 0.286. The Morgan fingerprint density at radius 2 is 2.05 bits per heavy atom. The summed E-state index contributed by atoms with van der Waals surface area (Å²) in [7, 11) is -2.98. The van der Waals surface area contributed by atoms with E-state index in [1.807, 2.05) is 6.07 Å². The standard InChI is InChI=1S/C14H14ClN3O3S/c15-12-3-2-11-10(9-16-14(11)17-12)1-4-13(19)18-5-7-22(20,21)8-6-18/h1-4,9H,5-8H2,(H,16,17)/b4-1+. The van der Waals surface area contributed by atoms with E-state index in [-0.39, 0.29) is 30.5 Å². The van der Waals surface area contributed by atoms with Crippen LogP contribution in [0.5, 0.6) is 0 Å². The predicted molar refractivity (Wildman–Crippen MR) is 85.4 cm³/mol. The number of carbonyl (C=O) groups excluding carboxylic acids is 1. The van der Waals surface area contributed by atoms with Crippen LogP contribution in [-0.2, 0) is 14.6 Å². The molecule has 0 spiro atoms. The van der Waals surface area contributed by atoms with Gasteiger partial charge in [-0.2, -0.15) is 0 Å². The van der Waals surface area contributed by atoms with Crippen molar-refractivity contribution in [2.24, 2.45) is 0 Å². The van der Waals surface area contributed by atoms with Crippen molar-refractivity contribution in [3.63, 3.8) is 0 Å². The predicted octanol–water partition coefficient (Wildman–Crippen LogP) is 1.49. The van der Waals surface area contributed by atoms with Gasteiger partial charge in [0.25, 0.3) is 0 Å². The molecule has 8 heteroatoms. The monoisotopic (exact) mass is 339 g/mol. The third kappa shape index (κ3) is 3.15. The molecule has 2 aromatic rings. The molecule has 0 atom stereocenters. The van der Waals surface area contributed by atoms with Crippen LogP contribution in [0.4, 0.5) is 0 Å². The summed E-state index contributed by atoms with van der Waals surface area (Å²) in [5.41, 5.74) is 1.49. The molecule has 1 fully saturated rings. The molecule has 1 amide bonds. The lowest BCUT2D eigenvalue weighted by molar-refractivity contribution is -0.125. The number of sulfone groups is 1. The highest BCUT2D eigenvalue weighted by Crippen LogP contribution is 2.20. The lowest BCUT2D eigenvalue weighted by Gasteiger charge is -2.25. The molecule has 1 saturated heterocycles. The summed E-state index contributed by atoms with van der Waals surface area (Å²) in [4.78, 5) is 20.8. The number of hydrogen-bond acceptors (Lipinski definition) is 4. The van der Waals surface area contributed by atoms with E-state index in [4.69, 9.17) is 11.6 Å². The lowest BCUT2D eigenvalue weighted by Crippen LogP contribution is -2.43. The number of nitrogens with one attached hydrogen (secondary N) is 1. The lowest BCUT2D eigenvalue weighted by atomic mass is 10.2. The molecule has 1 N–H and O–H groups in total. The molecule has 3 heterocycles. The van der Waals surface area contributed by atoms with Gasteiger partial charge < -0.3 is 9.88 Å². The number of aromatic amines is 1. The number of nitrogens with zero attached hydrogens (tertiary/aromatic N) is 2. The van der Waals surface area contributed by atoms with E-state index < -0.39 is 9.84 Å². The number of H-pyrrole nitrogens is 1. The van der Waals surface area contributed by atoms with Crippen molar-refractivity contribution in [3.05, 3.63) is 35.1 Å². The minimum absolute atomic E-state index is 0.0298. The number of fused-ring (bicyclic) bond motifs is 1. The van der Waals surface area contributed by atoms with Gasteiger partial charge in [0.1, 0.15) is 10.8 Å². The van der Waals surface area contributed by atoms with Crippen molar-refractivity contribution >= 4 is 44.5 Å². The Labute approximate surface area is 132 Å². The van der Waals surface area contributed by atoms with Crippen molar-refractivity contribution in [3.8, 4) is 0 Å².